The normalized spacial score (nSPS) is 22.2. The Morgan fingerprint density at radius 1 is 1.12 bits per heavy atom. The number of carbonyl (C=O) groups excluding carboxylic acids is 1. The second kappa shape index (κ2) is 9.33. The molecule has 9 heteroatoms. The van der Waals surface area contributed by atoms with Gasteiger partial charge in [0.1, 0.15) is 10.6 Å². The number of piperidine rings is 1. The molecule has 2 aliphatic heterocycles. The molecule has 1 amide bonds. The Morgan fingerprint density at radius 2 is 1.81 bits per heavy atom. The van der Waals surface area contributed by atoms with Crippen molar-refractivity contribution in [3.05, 3.63) is 47.3 Å². The Balaban J connectivity index is 1.29. The van der Waals surface area contributed by atoms with E-state index in [4.69, 9.17) is 4.52 Å². The van der Waals surface area contributed by atoms with Crippen LogP contribution in [0, 0.1) is 19.8 Å². The highest BCUT2D eigenvalue weighted by molar-refractivity contribution is 7.89. The van der Waals surface area contributed by atoms with E-state index in [1.165, 1.54) is 9.87 Å². The van der Waals surface area contributed by atoms with Crippen molar-refractivity contribution >= 4 is 15.9 Å². The number of hydrogen-bond donors (Lipinski definition) is 1. The average Bonchev–Trinajstić information content (AvgIpc) is 3.40. The highest BCUT2D eigenvalue weighted by atomic mass is 32.2. The summed E-state index contributed by atoms with van der Waals surface area (Å²) in [5.74, 6) is 0.184. The topological polar surface area (TPSA) is 95.8 Å². The monoisotopic (exact) mass is 460 g/mol. The third-order valence-electron chi connectivity index (χ3n) is 6.79. The lowest BCUT2D eigenvalue weighted by Crippen LogP contribution is -2.46. The van der Waals surface area contributed by atoms with Gasteiger partial charge in [0.05, 0.1) is 0 Å². The summed E-state index contributed by atoms with van der Waals surface area (Å²) >= 11 is 0. The van der Waals surface area contributed by atoms with Gasteiger partial charge < -0.3 is 9.84 Å². The second-order valence-corrected chi connectivity index (χ2v) is 10.8. The van der Waals surface area contributed by atoms with Crippen LogP contribution in [0.3, 0.4) is 0 Å². The van der Waals surface area contributed by atoms with Gasteiger partial charge in [-0.1, -0.05) is 35.5 Å². The molecule has 4 rings (SSSR count). The van der Waals surface area contributed by atoms with E-state index in [2.05, 4.69) is 46.6 Å². The molecule has 174 valence electrons. The summed E-state index contributed by atoms with van der Waals surface area (Å²) in [6.07, 6.45) is 1.97. The third-order valence-corrected chi connectivity index (χ3v) is 8.93. The minimum absolute atomic E-state index is 0.0404. The number of nitrogens with one attached hydrogen (secondary N) is 1. The van der Waals surface area contributed by atoms with Crippen molar-refractivity contribution in [2.45, 2.75) is 57.0 Å². The second-order valence-electron chi connectivity index (χ2n) is 8.91. The standard InChI is InChI=1S/C23H32N4O4S/c1-16-22(18(3)31-25-16)32(29,30)27-13-9-20(10-14-27)23(28)24-21-11-12-26(15-21)17(2)19-7-5-4-6-8-19/h4-8,17,20-21H,9-15H2,1-3H3,(H,24,28). The summed E-state index contributed by atoms with van der Waals surface area (Å²) in [6.45, 7) is 7.88. The quantitative estimate of drug-likeness (QED) is 0.712. The summed E-state index contributed by atoms with van der Waals surface area (Å²) in [5.41, 5.74) is 1.66. The van der Waals surface area contributed by atoms with Crippen LogP contribution in [-0.4, -0.2) is 60.9 Å². The molecule has 1 aromatic carbocycles. The Hall–Kier alpha value is -2.23. The lowest BCUT2D eigenvalue weighted by atomic mass is 9.97. The fraction of sp³-hybridized carbons (Fsp3) is 0.565. The van der Waals surface area contributed by atoms with Crippen molar-refractivity contribution in [3.63, 3.8) is 0 Å². The van der Waals surface area contributed by atoms with Crippen LogP contribution < -0.4 is 5.32 Å². The molecule has 0 saturated carbocycles. The molecule has 0 bridgehead atoms. The van der Waals surface area contributed by atoms with E-state index in [-0.39, 0.29) is 22.8 Å². The van der Waals surface area contributed by atoms with Crippen LogP contribution in [0.1, 0.15) is 49.2 Å². The molecule has 0 spiro atoms. The van der Waals surface area contributed by atoms with Crippen molar-refractivity contribution in [3.8, 4) is 0 Å². The molecule has 0 aliphatic carbocycles. The van der Waals surface area contributed by atoms with E-state index < -0.39 is 10.0 Å². The van der Waals surface area contributed by atoms with Crippen LogP contribution in [0.5, 0.6) is 0 Å². The largest absolute Gasteiger partial charge is 0.360 e. The van der Waals surface area contributed by atoms with E-state index in [1.807, 2.05) is 6.07 Å². The molecule has 1 aromatic heterocycles. The van der Waals surface area contributed by atoms with E-state index in [1.54, 1.807) is 13.8 Å². The van der Waals surface area contributed by atoms with E-state index in [9.17, 15) is 13.2 Å². The first kappa shape index (κ1) is 22.9. The van der Waals surface area contributed by atoms with Gasteiger partial charge in [-0.2, -0.15) is 4.31 Å². The first-order chi connectivity index (χ1) is 15.3. The lowest BCUT2D eigenvalue weighted by Gasteiger charge is -2.31. The van der Waals surface area contributed by atoms with E-state index in [0.29, 0.717) is 43.4 Å². The minimum Gasteiger partial charge on any atom is -0.360 e. The summed E-state index contributed by atoms with van der Waals surface area (Å²) in [4.78, 5) is 15.4. The average molecular weight is 461 g/mol. The van der Waals surface area contributed by atoms with Crippen LogP contribution >= 0.6 is 0 Å². The molecular weight excluding hydrogens is 428 g/mol. The summed E-state index contributed by atoms with van der Waals surface area (Å²) in [6, 6.07) is 10.9. The molecule has 2 aromatic rings. The highest BCUT2D eigenvalue weighted by Crippen LogP contribution is 2.28. The number of sulfonamides is 1. The van der Waals surface area contributed by atoms with Gasteiger partial charge in [0.2, 0.25) is 15.9 Å². The maximum absolute atomic E-state index is 13.0. The predicted molar refractivity (Wildman–Crippen MR) is 120 cm³/mol. The summed E-state index contributed by atoms with van der Waals surface area (Å²) in [5, 5.41) is 6.98. The fourth-order valence-corrected chi connectivity index (χ4v) is 6.61. The minimum atomic E-state index is -3.66. The molecule has 3 heterocycles. The molecule has 2 saturated heterocycles. The molecule has 2 unspecified atom stereocenters. The molecule has 0 radical (unpaired) electrons. The molecule has 2 fully saturated rings. The number of nitrogens with zero attached hydrogens (tertiary/aromatic N) is 3. The van der Waals surface area contributed by atoms with E-state index in [0.717, 1.165) is 19.5 Å². The first-order valence-corrected chi connectivity index (χ1v) is 12.7. The van der Waals surface area contributed by atoms with Gasteiger partial charge in [0, 0.05) is 44.2 Å². The Kier molecular flexibility index (Phi) is 6.69. The summed E-state index contributed by atoms with van der Waals surface area (Å²) < 4.78 is 32.4. The van der Waals surface area contributed by atoms with E-state index >= 15 is 0 Å². The number of likely N-dealkylation sites (tertiary alicyclic amines) is 1. The van der Waals surface area contributed by atoms with Gasteiger partial charge >= 0.3 is 0 Å². The Bertz CT molecular complexity index is 1030. The number of benzene rings is 1. The van der Waals surface area contributed by atoms with Crippen molar-refractivity contribution in [1.82, 2.24) is 19.7 Å². The number of aryl methyl sites for hydroxylation is 2. The van der Waals surface area contributed by atoms with Crippen molar-refractivity contribution in [2.24, 2.45) is 5.92 Å². The van der Waals surface area contributed by atoms with Crippen LogP contribution in [0.15, 0.2) is 39.8 Å². The van der Waals surface area contributed by atoms with Crippen LogP contribution in [-0.2, 0) is 14.8 Å². The van der Waals surface area contributed by atoms with Gasteiger partial charge in [0.15, 0.2) is 5.76 Å². The first-order valence-electron chi connectivity index (χ1n) is 11.3. The fourth-order valence-electron chi connectivity index (χ4n) is 4.85. The Morgan fingerprint density at radius 3 is 2.44 bits per heavy atom. The van der Waals surface area contributed by atoms with Crippen LogP contribution in [0.25, 0.3) is 0 Å². The zero-order valence-corrected chi connectivity index (χ0v) is 19.8. The number of rotatable bonds is 6. The van der Waals surface area contributed by atoms with Crippen molar-refractivity contribution < 1.29 is 17.7 Å². The highest BCUT2D eigenvalue weighted by Gasteiger charge is 2.36. The Labute approximate surface area is 190 Å². The SMILES string of the molecule is Cc1noc(C)c1S(=O)(=O)N1CCC(C(=O)NC2CCN(C(C)c3ccccc3)C2)CC1. The lowest BCUT2D eigenvalue weighted by molar-refractivity contribution is -0.126. The maximum atomic E-state index is 13.0. The zero-order valence-electron chi connectivity index (χ0n) is 19.0. The number of hydrogen-bond acceptors (Lipinski definition) is 6. The molecule has 32 heavy (non-hydrogen) atoms. The van der Waals surface area contributed by atoms with Gasteiger partial charge in [-0.05, 0) is 45.6 Å². The van der Waals surface area contributed by atoms with Gasteiger partial charge in [-0.3, -0.25) is 9.69 Å². The number of carbonyl (C=O) groups is 1. The van der Waals surface area contributed by atoms with Gasteiger partial charge in [0.25, 0.3) is 0 Å². The van der Waals surface area contributed by atoms with Gasteiger partial charge in [-0.15, -0.1) is 0 Å². The third kappa shape index (κ3) is 4.60. The molecule has 1 N–H and O–H groups in total. The van der Waals surface area contributed by atoms with Crippen LogP contribution in [0.2, 0.25) is 0 Å². The van der Waals surface area contributed by atoms with Crippen molar-refractivity contribution in [2.75, 3.05) is 26.2 Å². The number of amides is 1. The van der Waals surface area contributed by atoms with Crippen molar-refractivity contribution in [1.29, 1.82) is 0 Å². The molecule has 2 aliphatic rings. The molecule has 8 nitrogen and oxygen atoms in total. The zero-order chi connectivity index (χ0) is 22.9. The van der Waals surface area contributed by atoms with Gasteiger partial charge in [-0.25, -0.2) is 8.42 Å². The smallest absolute Gasteiger partial charge is 0.248 e. The van der Waals surface area contributed by atoms with Crippen LogP contribution in [0.4, 0.5) is 0 Å². The molecular formula is C23H32N4O4S. The summed E-state index contributed by atoms with van der Waals surface area (Å²) in [7, 11) is -3.66. The number of aromatic nitrogens is 1. The predicted octanol–water partition coefficient (Wildman–Crippen LogP) is 2.64. The maximum Gasteiger partial charge on any atom is 0.248 e. The molecule has 2 atom stereocenters.